The molecule has 4 unspecified atom stereocenters. The van der Waals surface area contributed by atoms with Gasteiger partial charge in [-0.2, -0.15) is 0 Å². The quantitative estimate of drug-likeness (QED) is 0.755. The van der Waals surface area contributed by atoms with Crippen molar-refractivity contribution in [3.63, 3.8) is 0 Å². The summed E-state index contributed by atoms with van der Waals surface area (Å²) in [6.07, 6.45) is 4.58. The van der Waals surface area contributed by atoms with Gasteiger partial charge in [-0.15, -0.1) is 0 Å². The smallest absolute Gasteiger partial charge is 0.308 e. The molecule has 102 valence electrons. The summed E-state index contributed by atoms with van der Waals surface area (Å²) in [5.74, 6) is -0.851. The molecular weight excluding hydrogens is 232 g/mol. The molecule has 5 nitrogen and oxygen atoms in total. The van der Waals surface area contributed by atoms with Gasteiger partial charge in [0, 0.05) is 25.2 Å². The van der Waals surface area contributed by atoms with Crippen molar-refractivity contribution >= 4 is 5.97 Å². The first-order chi connectivity index (χ1) is 8.74. The Labute approximate surface area is 107 Å². The Kier molecular flexibility index (Phi) is 3.54. The Morgan fingerprint density at radius 1 is 1.39 bits per heavy atom. The molecule has 5 heteroatoms. The van der Waals surface area contributed by atoms with E-state index in [0.29, 0.717) is 6.04 Å². The summed E-state index contributed by atoms with van der Waals surface area (Å²) < 4.78 is 5.85. The van der Waals surface area contributed by atoms with Gasteiger partial charge in [-0.05, 0) is 32.2 Å². The van der Waals surface area contributed by atoms with Crippen LogP contribution in [0.4, 0.5) is 0 Å². The number of morpholine rings is 1. The van der Waals surface area contributed by atoms with Crippen LogP contribution in [-0.4, -0.2) is 60.4 Å². The number of hydrogen-bond donors (Lipinski definition) is 2. The fourth-order valence-corrected chi connectivity index (χ4v) is 3.33. The SMILES string of the molecule is O=C(O)C1CCC1NCC1CN2CCCC2CO1. The van der Waals surface area contributed by atoms with Gasteiger partial charge in [0.15, 0.2) is 0 Å². The van der Waals surface area contributed by atoms with Crippen molar-refractivity contribution in [1.82, 2.24) is 10.2 Å². The Morgan fingerprint density at radius 2 is 2.28 bits per heavy atom. The highest BCUT2D eigenvalue weighted by Gasteiger charge is 2.37. The molecule has 0 spiro atoms. The van der Waals surface area contributed by atoms with Crippen LogP contribution in [0, 0.1) is 5.92 Å². The van der Waals surface area contributed by atoms with Crippen molar-refractivity contribution in [3.8, 4) is 0 Å². The number of rotatable bonds is 4. The summed E-state index contributed by atoms with van der Waals surface area (Å²) in [6, 6.07) is 0.791. The second kappa shape index (κ2) is 5.15. The van der Waals surface area contributed by atoms with Crippen LogP contribution >= 0.6 is 0 Å². The zero-order chi connectivity index (χ0) is 12.5. The van der Waals surface area contributed by atoms with E-state index in [0.717, 1.165) is 32.5 Å². The highest BCUT2D eigenvalue weighted by atomic mass is 16.5. The van der Waals surface area contributed by atoms with E-state index in [9.17, 15) is 4.79 Å². The molecule has 0 bridgehead atoms. The Bertz CT molecular complexity index is 323. The van der Waals surface area contributed by atoms with Gasteiger partial charge in [0.2, 0.25) is 0 Å². The number of ether oxygens (including phenoxy) is 1. The standard InChI is InChI=1S/C13H22N2O3/c16-13(17)11-3-4-12(11)14-6-10-7-15-5-1-2-9(15)8-18-10/h9-12,14H,1-8H2,(H,16,17). The van der Waals surface area contributed by atoms with Crippen molar-refractivity contribution < 1.29 is 14.6 Å². The number of hydrogen-bond acceptors (Lipinski definition) is 4. The van der Waals surface area contributed by atoms with Gasteiger partial charge in [-0.3, -0.25) is 9.69 Å². The summed E-state index contributed by atoms with van der Waals surface area (Å²) in [6.45, 7) is 3.84. The van der Waals surface area contributed by atoms with Crippen molar-refractivity contribution in [2.75, 3.05) is 26.2 Å². The molecular formula is C13H22N2O3. The van der Waals surface area contributed by atoms with Crippen LogP contribution < -0.4 is 5.32 Å². The molecule has 2 N–H and O–H groups in total. The fourth-order valence-electron chi connectivity index (χ4n) is 3.33. The van der Waals surface area contributed by atoms with E-state index >= 15 is 0 Å². The summed E-state index contributed by atoms with van der Waals surface area (Å²) in [4.78, 5) is 13.4. The molecule has 1 saturated carbocycles. The van der Waals surface area contributed by atoms with E-state index in [1.54, 1.807) is 0 Å². The van der Waals surface area contributed by atoms with E-state index in [1.807, 2.05) is 0 Å². The van der Waals surface area contributed by atoms with Crippen molar-refractivity contribution in [3.05, 3.63) is 0 Å². The highest BCUT2D eigenvalue weighted by molar-refractivity contribution is 5.72. The van der Waals surface area contributed by atoms with Gasteiger partial charge in [-0.1, -0.05) is 0 Å². The minimum atomic E-state index is -0.664. The maximum absolute atomic E-state index is 10.9. The topological polar surface area (TPSA) is 61.8 Å². The molecule has 1 aliphatic carbocycles. The number of carboxylic acids is 1. The molecule has 3 rings (SSSR count). The predicted octanol–water partition coefficient (Wildman–Crippen LogP) is 0.302. The molecule has 4 atom stereocenters. The third-order valence-corrected chi connectivity index (χ3v) is 4.66. The number of carboxylic acid groups (broad SMARTS) is 1. The van der Waals surface area contributed by atoms with E-state index in [2.05, 4.69) is 10.2 Å². The molecule has 0 aromatic rings. The van der Waals surface area contributed by atoms with E-state index in [1.165, 1.54) is 19.4 Å². The lowest BCUT2D eigenvalue weighted by Crippen LogP contribution is -2.54. The zero-order valence-electron chi connectivity index (χ0n) is 10.7. The van der Waals surface area contributed by atoms with Gasteiger partial charge >= 0.3 is 5.97 Å². The molecule has 0 radical (unpaired) electrons. The fraction of sp³-hybridized carbons (Fsp3) is 0.923. The highest BCUT2D eigenvalue weighted by Crippen LogP contribution is 2.28. The molecule has 2 heterocycles. The maximum Gasteiger partial charge on any atom is 0.308 e. The first-order valence-corrected chi connectivity index (χ1v) is 7.06. The van der Waals surface area contributed by atoms with Crippen molar-refractivity contribution in [2.45, 2.75) is 43.9 Å². The molecule has 0 aromatic heterocycles. The molecule has 18 heavy (non-hydrogen) atoms. The van der Waals surface area contributed by atoms with E-state index in [-0.39, 0.29) is 18.1 Å². The maximum atomic E-state index is 10.9. The molecule has 2 aliphatic heterocycles. The monoisotopic (exact) mass is 254 g/mol. The summed E-state index contributed by atoms with van der Waals surface area (Å²) >= 11 is 0. The summed E-state index contributed by atoms with van der Waals surface area (Å²) in [5, 5.41) is 12.4. The average Bonchev–Trinajstić information content (AvgIpc) is 2.74. The van der Waals surface area contributed by atoms with Crippen LogP contribution in [0.5, 0.6) is 0 Å². The second-order valence-corrected chi connectivity index (χ2v) is 5.78. The Balaban J connectivity index is 1.42. The van der Waals surface area contributed by atoms with Crippen molar-refractivity contribution in [1.29, 1.82) is 0 Å². The van der Waals surface area contributed by atoms with Gasteiger partial charge in [-0.25, -0.2) is 0 Å². The predicted molar refractivity (Wildman–Crippen MR) is 66.5 cm³/mol. The number of fused-ring (bicyclic) bond motifs is 1. The largest absolute Gasteiger partial charge is 0.481 e. The second-order valence-electron chi connectivity index (χ2n) is 5.78. The van der Waals surface area contributed by atoms with Crippen LogP contribution in [0.3, 0.4) is 0 Å². The summed E-state index contributed by atoms with van der Waals surface area (Å²) in [5.41, 5.74) is 0. The molecule has 3 fully saturated rings. The van der Waals surface area contributed by atoms with Gasteiger partial charge in [0.1, 0.15) is 0 Å². The lowest BCUT2D eigenvalue weighted by atomic mass is 9.79. The lowest BCUT2D eigenvalue weighted by molar-refractivity contribution is -0.146. The van der Waals surface area contributed by atoms with E-state index < -0.39 is 5.97 Å². The minimum Gasteiger partial charge on any atom is -0.481 e. The number of nitrogens with one attached hydrogen (secondary N) is 1. The average molecular weight is 254 g/mol. The molecule has 0 amide bonds. The lowest BCUT2D eigenvalue weighted by Gasteiger charge is -2.38. The zero-order valence-corrected chi connectivity index (χ0v) is 10.7. The number of aliphatic carboxylic acids is 1. The first-order valence-electron chi connectivity index (χ1n) is 7.06. The third-order valence-electron chi connectivity index (χ3n) is 4.66. The number of nitrogens with zero attached hydrogens (tertiary/aromatic N) is 1. The Hall–Kier alpha value is -0.650. The normalized spacial score (nSPS) is 40.2. The van der Waals surface area contributed by atoms with Crippen LogP contribution in [0.2, 0.25) is 0 Å². The molecule has 0 aromatic carbocycles. The van der Waals surface area contributed by atoms with Gasteiger partial charge < -0.3 is 15.2 Å². The van der Waals surface area contributed by atoms with E-state index in [4.69, 9.17) is 9.84 Å². The summed E-state index contributed by atoms with van der Waals surface area (Å²) in [7, 11) is 0. The van der Waals surface area contributed by atoms with Gasteiger partial charge in [0.05, 0.1) is 18.6 Å². The van der Waals surface area contributed by atoms with Crippen molar-refractivity contribution in [2.24, 2.45) is 5.92 Å². The minimum absolute atomic E-state index is 0.155. The van der Waals surface area contributed by atoms with Crippen LogP contribution in [0.15, 0.2) is 0 Å². The van der Waals surface area contributed by atoms with Crippen LogP contribution in [0.25, 0.3) is 0 Å². The molecule has 2 saturated heterocycles. The first kappa shape index (κ1) is 12.4. The number of carbonyl (C=O) groups is 1. The Morgan fingerprint density at radius 3 is 3.00 bits per heavy atom. The third kappa shape index (κ3) is 2.39. The van der Waals surface area contributed by atoms with Crippen LogP contribution in [-0.2, 0) is 9.53 Å². The molecule has 3 aliphatic rings. The van der Waals surface area contributed by atoms with Gasteiger partial charge in [0.25, 0.3) is 0 Å². The van der Waals surface area contributed by atoms with Crippen LogP contribution in [0.1, 0.15) is 25.7 Å².